The second-order valence-corrected chi connectivity index (χ2v) is 15.0. The molecule has 2 heteroatoms. The Hall–Kier alpha value is -0.530. The van der Waals surface area contributed by atoms with Crippen LogP contribution in [0.4, 0.5) is 0 Å². The molecule has 0 aromatic rings. The third-order valence-electron chi connectivity index (χ3n) is 12.2. The van der Waals surface area contributed by atoms with Crippen molar-refractivity contribution in [2.45, 2.75) is 213 Å². The van der Waals surface area contributed by atoms with Crippen LogP contribution in [-0.2, 0) is 9.53 Å². The van der Waals surface area contributed by atoms with Gasteiger partial charge in [0, 0.05) is 0 Å². The molecule has 0 aromatic heterocycles. The van der Waals surface area contributed by atoms with Gasteiger partial charge in [0.1, 0.15) is 0 Å². The van der Waals surface area contributed by atoms with Crippen molar-refractivity contribution in [1.29, 1.82) is 0 Å². The van der Waals surface area contributed by atoms with Crippen molar-refractivity contribution < 1.29 is 9.53 Å². The molecule has 0 N–H and O–H groups in total. The predicted molar refractivity (Wildman–Crippen MR) is 177 cm³/mol. The van der Waals surface area contributed by atoms with Crippen LogP contribution in [0.2, 0.25) is 0 Å². The smallest absolute Gasteiger partial charge is 0.312 e. The maximum absolute atomic E-state index is 14.2. The highest BCUT2D eigenvalue weighted by molar-refractivity contribution is 5.78. The number of esters is 1. The summed E-state index contributed by atoms with van der Waals surface area (Å²) in [6, 6.07) is 0. The summed E-state index contributed by atoms with van der Waals surface area (Å²) < 4.78 is 6.29. The summed E-state index contributed by atoms with van der Waals surface area (Å²) >= 11 is 0. The van der Waals surface area contributed by atoms with Crippen molar-refractivity contribution in [2.24, 2.45) is 22.7 Å². The minimum absolute atomic E-state index is 0.190. The molecule has 3 aliphatic carbocycles. The van der Waals surface area contributed by atoms with Crippen LogP contribution in [0.1, 0.15) is 213 Å². The average molecular weight is 573 g/mol. The Morgan fingerprint density at radius 3 is 1.56 bits per heavy atom. The molecular formula is C39H72O2. The van der Waals surface area contributed by atoms with E-state index in [0.29, 0.717) is 6.61 Å². The molecule has 0 atom stereocenters. The Labute approximate surface area is 257 Å². The van der Waals surface area contributed by atoms with Gasteiger partial charge in [-0.05, 0) is 68.6 Å². The van der Waals surface area contributed by atoms with Crippen molar-refractivity contribution in [1.82, 2.24) is 0 Å². The Balaban J connectivity index is 1.58. The van der Waals surface area contributed by atoms with Crippen LogP contribution in [0, 0.1) is 22.7 Å². The van der Waals surface area contributed by atoms with E-state index in [1.54, 1.807) is 0 Å². The maximum Gasteiger partial charge on any atom is 0.312 e. The van der Waals surface area contributed by atoms with Gasteiger partial charge in [-0.3, -0.25) is 4.79 Å². The van der Waals surface area contributed by atoms with E-state index < -0.39 is 0 Å². The normalized spacial score (nSPS) is 25.3. The molecule has 3 fully saturated rings. The third kappa shape index (κ3) is 11.2. The minimum Gasteiger partial charge on any atom is -0.465 e. The number of hydrogen-bond donors (Lipinski definition) is 0. The number of ether oxygens (including phenoxy) is 1. The molecule has 2 nitrogen and oxygen atoms in total. The van der Waals surface area contributed by atoms with Crippen LogP contribution >= 0.6 is 0 Å². The molecule has 3 saturated carbocycles. The average Bonchev–Trinajstić information content (AvgIpc) is 3.02. The number of hydrogen-bond acceptors (Lipinski definition) is 2. The van der Waals surface area contributed by atoms with Gasteiger partial charge < -0.3 is 4.74 Å². The van der Waals surface area contributed by atoms with E-state index in [9.17, 15) is 4.79 Å². The van der Waals surface area contributed by atoms with Gasteiger partial charge in [-0.15, -0.1) is 0 Å². The summed E-state index contributed by atoms with van der Waals surface area (Å²) in [5, 5.41) is 0. The first-order valence-electron chi connectivity index (χ1n) is 19.3. The van der Waals surface area contributed by atoms with Crippen molar-refractivity contribution >= 4 is 5.97 Å². The minimum atomic E-state index is -0.190. The lowest BCUT2D eigenvalue weighted by Gasteiger charge is -2.55. The quantitative estimate of drug-likeness (QED) is 0.101. The summed E-state index contributed by atoms with van der Waals surface area (Å²) in [4.78, 5) is 14.2. The van der Waals surface area contributed by atoms with Gasteiger partial charge in [0.05, 0.1) is 12.0 Å². The molecule has 41 heavy (non-hydrogen) atoms. The molecule has 0 spiro atoms. The van der Waals surface area contributed by atoms with E-state index in [1.807, 2.05) is 0 Å². The second kappa shape index (κ2) is 20.4. The first kappa shape index (κ1) is 35.0. The van der Waals surface area contributed by atoms with Gasteiger partial charge in [-0.1, -0.05) is 162 Å². The molecule has 0 bridgehead atoms. The highest BCUT2D eigenvalue weighted by Gasteiger charge is 2.57. The number of carbonyl (C=O) groups is 1. The molecule has 240 valence electrons. The Kier molecular flexibility index (Phi) is 17.4. The van der Waals surface area contributed by atoms with E-state index in [-0.39, 0.29) is 16.8 Å². The van der Waals surface area contributed by atoms with Crippen molar-refractivity contribution in [3.8, 4) is 0 Å². The van der Waals surface area contributed by atoms with Crippen LogP contribution < -0.4 is 0 Å². The summed E-state index contributed by atoms with van der Waals surface area (Å²) in [5.41, 5.74) is 0.0151. The molecule has 0 aromatic carbocycles. The van der Waals surface area contributed by atoms with E-state index in [4.69, 9.17) is 4.74 Å². The van der Waals surface area contributed by atoms with Gasteiger partial charge >= 0.3 is 5.97 Å². The maximum atomic E-state index is 14.2. The fourth-order valence-corrected chi connectivity index (χ4v) is 9.48. The third-order valence-corrected chi connectivity index (χ3v) is 12.2. The van der Waals surface area contributed by atoms with E-state index in [0.717, 1.165) is 31.1 Å². The predicted octanol–water partition coefficient (Wildman–Crippen LogP) is 12.9. The van der Waals surface area contributed by atoms with E-state index >= 15 is 0 Å². The molecule has 0 unspecified atom stereocenters. The SMILES string of the molecule is CCCCCCCCCCOC(=O)C1(C2(CCCCCCCCCC)CCC(C3CCCCC3)CC2)CCCCC1. The first-order valence-corrected chi connectivity index (χ1v) is 19.3. The molecule has 0 saturated heterocycles. The van der Waals surface area contributed by atoms with Gasteiger partial charge in [-0.25, -0.2) is 0 Å². The zero-order chi connectivity index (χ0) is 29.1. The number of carbonyl (C=O) groups excluding carboxylic acids is 1. The summed E-state index contributed by atoms with van der Waals surface area (Å²) in [6.07, 6.45) is 41.4. The van der Waals surface area contributed by atoms with Gasteiger partial charge in [0.15, 0.2) is 0 Å². The molecule has 0 radical (unpaired) electrons. The molecule has 0 amide bonds. The van der Waals surface area contributed by atoms with E-state index in [1.165, 1.54) is 180 Å². The van der Waals surface area contributed by atoms with E-state index in [2.05, 4.69) is 13.8 Å². The number of rotatable bonds is 21. The lowest BCUT2D eigenvalue weighted by Crippen LogP contribution is -2.52. The van der Waals surface area contributed by atoms with Crippen LogP contribution in [0.5, 0.6) is 0 Å². The van der Waals surface area contributed by atoms with Crippen molar-refractivity contribution in [3.05, 3.63) is 0 Å². The first-order chi connectivity index (χ1) is 20.2. The summed E-state index contributed by atoms with van der Waals surface area (Å²) in [5.74, 6) is 2.13. The van der Waals surface area contributed by atoms with Gasteiger partial charge in [-0.2, -0.15) is 0 Å². The highest BCUT2D eigenvalue weighted by atomic mass is 16.5. The lowest BCUT2D eigenvalue weighted by molar-refractivity contribution is -0.175. The zero-order valence-corrected chi connectivity index (χ0v) is 28.1. The van der Waals surface area contributed by atoms with Crippen molar-refractivity contribution in [3.63, 3.8) is 0 Å². The lowest BCUT2D eigenvalue weighted by atomic mass is 9.49. The van der Waals surface area contributed by atoms with Crippen LogP contribution in [0.3, 0.4) is 0 Å². The van der Waals surface area contributed by atoms with Crippen LogP contribution in [0.15, 0.2) is 0 Å². The van der Waals surface area contributed by atoms with Gasteiger partial charge in [0.2, 0.25) is 0 Å². The molecule has 0 heterocycles. The summed E-state index contributed by atoms with van der Waals surface area (Å²) in [6.45, 7) is 5.26. The largest absolute Gasteiger partial charge is 0.465 e. The Morgan fingerprint density at radius 2 is 1.00 bits per heavy atom. The fourth-order valence-electron chi connectivity index (χ4n) is 9.48. The fraction of sp³-hybridized carbons (Fsp3) is 0.974. The van der Waals surface area contributed by atoms with Gasteiger partial charge in [0.25, 0.3) is 0 Å². The second-order valence-electron chi connectivity index (χ2n) is 15.0. The molecule has 3 rings (SSSR count). The topological polar surface area (TPSA) is 26.3 Å². The molecule has 0 aliphatic heterocycles. The Bertz CT molecular complexity index is 648. The van der Waals surface area contributed by atoms with Crippen molar-refractivity contribution in [2.75, 3.05) is 6.61 Å². The standard InChI is InChI=1S/C39H72O2/c1-3-5-7-9-11-13-15-21-29-38(32-27-36(28-33-38)35-25-19-17-20-26-35)39(30-22-18-23-31-39)37(40)41-34-24-16-14-12-10-8-6-4-2/h35-36H,3-34H2,1-2H3. The van der Waals surface area contributed by atoms with Crippen LogP contribution in [0.25, 0.3) is 0 Å². The monoisotopic (exact) mass is 573 g/mol. The number of unbranched alkanes of at least 4 members (excludes halogenated alkanes) is 14. The van der Waals surface area contributed by atoms with Crippen LogP contribution in [-0.4, -0.2) is 12.6 Å². The highest BCUT2D eigenvalue weighted by Crippen LogP contribution is 2.61. The Morgan fingerprint density at radius 1 is 0.537 bits per heavy atom. The zero-order valence-electron chi connectivity index (χ0n) is 28.1. The molecule has 3 aliphatic rings. The summed E-state index contributed by atoms with van der Waals surface area (Å²) in [7, 11) is 0. The molecular weight excluding hydrogens is 500 g/mol.